The van der Waals surface area contributed by atoms with E-state index in [-0.39, 0.29) is 17.7 Å². The highest BCUT2D eigenvalue weighted by Crippen LogP contribution is 2.53. The van der Waals surface area contributed by atoms with Crippen molar-refractivity contribution in [2.45, 2.75) is 76.4 Å². The van der Waals surface area contributed by atoms with E-state index in [0.717, 1.165) is 37.7 Å². The third-order valence-electron chi connectivity index (χ3n) is 6.68. The molecule has 0 spiro atoms. The zero-order valence-corrected chi connectivity index (χ0v) is 24.6. The largest absolute Gasteiger partial charge is 0.334 e. The van der Waals surface area contributed by atoms with E-state index in [1.54, 1.807) is 29.2 Å². The second-order valence-electron chi connectivity index (χ2n) is 10.1. The molecule has 2 N–H and O–H groups in total. The molecule has 1 heterocycles. The van der Waals surface area contributed by atoms with Crippen LogP contribution in [0.5, 0.6) is 0 Å². The molecule has 9 nitrogen and oxygen atoms in total. The van der Waals surface area contributed by atoms with Crippen LogP contribution < -0.4 is 10.8 Å². The molecule has 0 fully saturated rings. The number of hydrogen-bond acceptors (Lipinski definition) is 6. The predicted octanol–water partition coefficient (Wildman–Crippen LogP) is 5.88. The van der Waals surface area contributed by atoms with Crippen molar-refractivity contribution >= 4 is 32.6 Å². The summed E-state index contributed by atoms with van der Waals surface area (Å²) in [6.45, 7) is 4.44. The molecule has 11 heteroatoms. The lowest BCUT2D eigenvalue weighted by Gasteiger charge is -2.24. The monoisotopic (exact) mass is 571 g/mol. The average molecular weight is 572 g/mol. The van der Waals surface area contributed by atoms with E-state index in [1.807, 2.05) is 31.2 Å². The summed E-state index contributed by atoms with van der Waals surface area (Å²) >= 11 is 0. The molecule has 0 aromatic heterocycles. The van der Waals surface area contributed by atoms with E-state index in [1.165, 1.54) is 14.0 Å². The van der Waals surface area contributed by atoms with Crippen molar-refractivity contribution in [1.29, 1.82) is 0 Å². The van der Waals surface area contributed by atoms with Gasteiger partial charge < -0.3 is 10.2 Å². The molecule has 2 atom stereocenters. The Balaban J connectivity index is 1.48. The number of unbranched alkanes of at least 4 members (excludes halogenated alkanes) is 3. The number of rotatable bonds is 16. The first-order chi connectivity index (χ1) is 19.1. The summed E-state index contributed by atoms with van der Waals surface area (Å²) in [5.41, 5.74) is 3.88. The van der Waals surface area contributed by atoms with Gasteiger partial charge in [0, 0.05) is 42.7 Å². The Morgan fingerprint density at radius 3 is 2.10 bits per heavy atom. The number of carbonyl (C=O) groups is 3. The highest BCUT2D eigenvalue weighted by Gasteiger charge is 2.56. The maximum Gasteiger partial charge on any atom is 0.254 e. The van der Waals surface area contributed by atoms with E-state index in [9.17, 15) is 18.8 Å². The van der Waals surface area contributed by atoms with Crippen molar-refractivity contribution in [1.82, 2.24) is 10.4 Å². The number of halogens is 1. The first-order valence-corrected chi connectivity index (χ1v) is 14.2. The summed E-state index contributed by atoms with van der Waals surface area (Å²) in [4.78, 5) is 43.3. The minimum absolute atomic E-state index is 0.0874. The van der Waals surface area contributed by atoms with Gasteiger partial charge in [0.2, 0.25) is 11.8 Å². The molecule has 0 saturated heterocycles. The standard InChI is InChI=1S/C29H39FN5O4P/c1-4-19-35(20-21-11-15-23(16-12-21)29(33-34-29)28(2,30)40)27(38)22-13-17-24(18-14-22)31-25(36)9-7-5-6-8-10-26(37)32-39-3/h11-18H,4-10,19-20,40H2,1-3H3,(H,31,36)(H,32,37). The Morgan fingerprint density at radius 2 is 1.57 bits per heavy atom. The van der Waals surface area contributed by atoms with Gasteiger partial charge in [-0.2, -0.15) is 0 Å². The lowest BCUT2D eigenvalue weighted by atomic mass is 9.97. The lowest BCUT2D eigenvalue weighted by molar-refractivity contribution is -0.131. The highest BCUT2D eigenvalue weighted by atomic mass is 31.0. The molecule has 216 valence electrons. The molecule has 0 saturated carbocycles. The quantitative estimate of drug-likeness (QED) is 0.149. The average Bonchev–Trinajstić information content (AvgIpc) is 3.74. The van der Waals surface area contributed by atoms with Gasteiger partial charge in [0.25, 0.3) is 11.6 Å². The second kappa shape index (κ2) is 14.4. The molecule has 0 aliphatic carbocycles. The SMILES string of the molecule is CCCN(Cc1ccc(C2(C(C)(F)P)N=N2)cc1)C(=O)c1ccc(NC(=O)CCCCCCC(=O)NOC)cc1. The first-order valence-electron chi connectivity index (χ1n) is 13.6. The van der Waals surface area contributed by atoms with Gasteiger partial charge in [0.15, 0.2) is 5.41 Å². The number of carbonyl (C=O) groups excluding carboxylic acids is 3. The number of nitrogens with zero attached hydrogens (tertiary/aromatic N) is 3. The molecule has 0 bridgehead atoms. The van der Waals surface area contributed by atoms with Gasteiger partial charge in [-0.05, 0) is 56.0 Å². The minimum atomic E-state index is -1.67. The van der Waals surface area contributed by atoms with Crippen molar-refractivity contribution in [3.63, 3.8) is 0 Å². The lowest BCUT2D eigenvalue weighted by Crippen LogP contribution is -2.31. The zero-order chi connectivity index (χ0) is 29.2. The number of hydroxylamine groups is 1. The number of amides is 3. The van der Waals surface area contributed by atoms with E-state index in [4.69, 9.17) is 0 Å². The Kier molecular flexibility index (Phi) is 11.3. The molecular weight excluding hydrogens is 532 g/mol. The normalized spacial score (nSPS) is 14.7. The van der Waals surface area contributed by atoms with Crippen LogP contribution in [-0.2, 0) is 26.6 Å². The molecule has 2 aromatic rings. The second-order valence-corrected chi connectivity index (χ2v) is 11.2. The van der Waals surface area contributed by atoms with E-state index >= 15 is 0 Å². The fraction of sp³-hybridized carbons (Fsp3) is 0.483. The Bertz CT molecular complexity index is 1180. The van der Waals surface area contributed by atoms with Crippen LogP contribution in [0.15, 0.2) is 58.8 Å². The van der Waals surface area contributed by atoms with Crippen LogP contribution in [0.3, 0.4) is 0 Å². The van der Waals surface area contributed by atoms with E-state index in [0.29, 0.717) is 42.7 Å². The summed E-state index contributed by atoms with van der Waals surface area (Å²) in [5.74, 6) is -0.338. The molecular formula is C29H39FN5O4P. The van der Waals surface area contributed by atoms with E-state index in [2.05, 4.69) is 35.1 Å². The van der Waals surface area contributed by atoms with Crippen molar-refractivity contribution in [3.8, 4) is 0 Å². The molecule has 2 unspecified atom stereocenters. The van der Waals surface area contributed by atoms with Crippen LogP contribution in [0.2, 0.25) is 0 Å². The van der Waals surface area contributed by atoms with Crippen LogP contribution in [0.4, 0.5) is 10.1 Å². The Hall–Kier alpha value is -3.23. The van der Waals surface area contributed by atoms with Crippen molar-refractivity contribution in [3.05, 3.63) is 65.2 Å². The molecule has 1 aliphatic rings. The third kappa shape index (κ3) is 8.63. The minimum Gasteiger partial charge on any atom is -0.334 e. The summed E-state index contributed by atoms with van der Waals surface area (Å²) in [5, 5.41) is 9.09. The number of anilines is 1. The molecule has 0 radical (unpaired) electrons. The fourth-order valence-corrected chi connectivity index (χ4v) is 4.70. The smallest absolute Gasteiger partial charge is 0.254 e. The van der Waals surface area contributed by atoms with Crippen LogP contribution >= 0.6 is 9.24 Å². The van der Waals surface area contributed by atoms with Crippen LogP contribution in [0.25, 0.3) is 0 Å². The molecule has 40 heavy (non-hydrogen) atoms. The van der Waals surface area contributed by atoms with Crippen LogP contribution in [0, 0.1) is 0 Å². The number of nitrogens with one attached hydrogen (secondary N) is 2. The predicted molar refractivity (Wildman–Crippen MR) is 155 cm³/mol. The van der Waals surface area contributed by atoms with Gasteiger partial charge in [0.1, 0.15) is 0 Å². The topological polar surface area (TPSA) is 112 Å². The number of benzene rings is 2. The molecule has 1 aliphatic heterocycles. The van der Waals surface area contributed by atoms with Gasteiger partial charge in [-0.1, -0.05) is 53.3 Å². The van der Waals surface area contributed by atoms with Crippen LogP contribution in [0.1, 0.15) is 80.3 Å². The molecule has 3 rings (SSSR count). The van der Waals surface area contributed by atoms with Gasteiger partial charge >= 0.3 is 0 Å². The van der Waals surface area contributed by atoms with Gasteiger partial charge in [-0.15, -0.1) is 10.2 Å². The molecule has 2 aromatic carbocycles. The van der Waals surface area contributed by atoms with E-state index < -0.39 is 11.1 Å². The van der Waals surface area contributed by atoms with Gasteiger partial charge in [-0.25, -0.2) is 9.87 Å². The summed E-state index contributed by atoms with van der Waals surface area (Å²) in [6, 6.07) is 14.3. The fourth-order valence-electron chi connectivity index (χ4n) is 4.42. The summed E-state index contributed by atoms with van der Waals surface area (Å²) < 4.78 is 14.5. The van der Waals surface area contributed by atoms with Crippen molar-refractivity contribution < 1.29 is 23.6 Å². The van der Waals surface area contributed by atoms with Crippen molar-refractivity contribution in [2.24, 2.45) is 10.2 Å². The number of alkyl halides is 1. The summed E-state index contributed by atoms with van der Waals surface area (Å²) in [6.07, 6.45) is 4.79. The highest BCUT2D eigenvalue weighted by molar-refractivity contribution is 7.18. The zero-order valence-electron chi connectivity index (χ0n) is 23.4. The molecule has 3 amide bonds. The summed E-state index contributed by atoms with van der Waals surface area (Å²) in [7, 11) is 3.56. The van der Waals surface area contributed by atoms with Crippen molar-refractivity contribution in [2.75, 3.05) is 19.0 Å². The third-order valence-corrected chi connectivity index (χ3v) is 7.08. The maximum absolute atomic E-state index is 14.5. The maximum atomic E-state index is 14.5. The van der Waals surface area contributed by atoms with Crippen LogP contribution in [-0.4, -0.2) is 41.7 Å². The Morgan fingerprint density at radius 1 is 0.975 bits per heavy atom. The Labute approximate surface area is 237 Å². The number of hydrogen-bond donors (Lipinski definition) is 2. The first kappa shape index (κ1) is 31.3. The van der Waals surface area contributed by atoms with Gasteiger partial charge in [-0.3, -0.25) is 19.2 Å². The van der Waals surface area contributed by atoms with Gasteiger partial charge in [0.05, 0.1) is 7.11 Å².